The van der Waals surface area contributed by atoms with Gasteiger partial charge in [0.25, 0.3) is 5.91 Å². The second-order valence-electron chi connectivity index (χ2n) is 10.9. The molecular formula is C29H28FN5O4. The van der Waals surface area contributed by atoms with Crippen LogP contribution in [-0.4, -0.2) is 63.0 Å². The molecule has 9 nitrogen and oxygen atoms in total. The van der Waals surface area contributed by atoms with Gasteiger partial charge in [-0.1, -0.05) is 12.1 Å². The van der Waals surface area contributed by atoms with Crippen LogP contribution < -0.4 is 10.1 Å². The molecule has 0 saturated carbocycles. The summed E-state index contributed by atoms with van der Waals surface area (Å²) in [7, 11) is 0. The number of carbonyl (C=O) groups excluding carboxylic acids is 3. The number of amides is 3. The maximum absolute atomic E-state index is 13.6. The number of piperidine rings is 2. The predicted molar refractivity (Wildman–Crippen MR) is 138 cm³/mol. The first-order chi connectivity index (χ1) is 18.9. The maximum Gasteiger partial charge on any atom is 0.255 e. The van der Waals surface area contributed by atoms with Crippen molar-refractivity contribution in [2.45, 2.75) is 50.2 Å². The number of ether oxygens (including phenoxy) is 1. The number of nitrogens with zero attached hydrogens (tertiary/aromatic N) is 4. The van der Waals surface area contributed by atoms with E-state index in [4.69, 9.17) is 4.74 Å². The van der Waals surface area contributed by atoms with E-state index in [0.29, 0.717) is 37.4 Å². The Morgan fingerprint density at radius 1 is 1.10 bits per heavy atom. The van der Waals surface area contributed by atoms with Gasteiger partial charge in [-0.15, -0.1) is 0 Å². The number of aromatic nitrogens is 2. The lowest BCUT2D eigenvalue weighted by Gasteiger charge is -2.38. The summed E-state index contributed by atoms with van der Waals surface area (Å²) >= 11 is 0. The standard InChI is InChI=1S/C29H28FN5O4/c30-18-2-1-3-20(14-18)35-11-8-19(32-35)15-33-12-9-29(10-13-33)17-39-26-22-16-34(24-6-7-25(36)31-27(24)37)28(38)21(22)4-5-23(26)29/h1-5,8,11,14,24H,6-7,9-10,12-13,15-17H2,(H,31,36,37). The molecule has 2 saturated heterocycles. The largest absolute Gasteiger partial charge is 0.492 e. The van der Waals surface area contributed by atoms with E-state index in [-0.39, 0.29) is 29.5 Å². The molecule has 2 aromatic carbocycles. The molecule has 0 radical (unpaired) electrons. The SMILES string of the molecule is O=C1CCC(N2Cc3c(ccc4c3OCC43CCN(Cc4ccn(-c5cccc(F)c5)n4)CC3)C2=O)C(=O)N1. The van der Waals surface area contributed by atoms with Crippen LogP contribution in [0.4, 0.5) is 4.39 Å². The third kappa shape index (κ3) is 4.01. The number of fused-ring (bicyclic) bond motifs is 4. The Balaban J connectivity index is 1.04. The highest BCUT2D eigenvalue weighted by Crippen LogP contribution is 2.49. The fourth-order valence-electron chi connectivity index (χ4n) is 6.47. The normalized spacial score (nSPS) is 22.1. The van der Waals surface area contributed by atoms with E-state index < -0.39 is 11.9 Å². The minimum atomic E-state index is -0.638. The van der Waals surface area contributed by atoms with Gasteiger partial charge in [-0.2, -0.15) is 5.10 Å². The first-order valence-corrected chi connectivity index (χ1v) is 13.4. The van der Waals surface area contributed by atoms with Gasteiger partial charge in [0.1, 0.15) is 17.6 Å². The molecule has 10 heteroatoms. The molecule has 1 aromatic heterocycles. The van der Waals surface area contributed by atoms with E-state index in [9.17, 15) is 18.8 Å². The van der Waals surface area contributed by atoms with Crippen molar-refractivity contribution in [3.8, 4) is 11.4 Å². The number of halogens is 1. The first-order valence-electron chi connectivity index (χ1n) is 13.4. The summed E-state index contributed by atoms with van der Waals surface area (Å²) in [5.41, 5.74) is 4.11. The van der Waals surface area contributed by atoms with Crippen LogP contribution in [-0.2, 0) is 28.1 Å². The van der Waals surface area contributed by atoms with E-state index in [0.717, 1.165) is 48.5 Å². The molecule has 2 fully saturated rings. The van der Waals surface area contributed by atoms with Crippen molar-refractivity contribution in [1.29, 1.82) is 0 Å². The molecule has 0 aliphatic carbocycles. The molecule has 200 valence electrons. The van der Waals surface area contributed by atoms with Crippen LogP contribution in [0.25, 0.3) is 5.69 Å². The van der Waals surface area contributed by atoms with Gasteiger partial charge in [-0.3, -0.25) is 24.6 Å². The number of carbonyl (C=O) groups is 3. The lowest BCUT2D eigenvalue weighted by atomic mass is 9.74. The highest BCUT2D eigenvalue weighted by atomic mass is 19.1. The van der Waals surface area contributed by atoms with Gasteiger partial charge in [-0.25, -0.2) is 9.07 Å². The molecule has 3 amide bonds. The van der Waals surface area contributed by atoms with Crippen molar-refractivity contribution in [1.82, 2.24) is 24.9 Å². The van der Waals surface area contributed by atoms with Crippen LogP contribution in [0.5, 0.6) is 5.75 Å². The van der Waals surface area contributed by atoms with Crippen LogP contribution in [0.15, 0.2) is 48.7 Å². The lowest BCUT2D eigenvalue weighted by molar-refractivity contribution is -0.136. The van der Waals surface area contributed by atoms with E-state index in [2.05, 4.69) is 15.3 Å². The summed E-state index contributed by atoms with van der Waals surface area (Å²) in [5.74, 6) is -0.381. The predicted octanol–water partition coefficient (Wildman–Crippen LogP) is 2.70. The molecule has 4 aliphatic heterocycles. The number of likely N-dealkylation sites (tertiary alicyclic amines) is 1. The Hall–Kier alpha value is -4.05. The quantitative estimate of drug-likeness (QED) is 0.522. The van der Waals surface area contributed by atoms with Crippen molar-refractivity contribution in [2.24, 2.45) is 0 Å². The zero-order valence-corrected chi connectivity index (χ0v) is 21.4. The second-order valence-corrected chi connectivity index (χ2v) is 10.9. The smallest absolute Gasteiger partial charge is 0.255 e. The highest BCUT2D eigenvalue weighted by molar-refractivity contribution is 6.05. The lowest BCUT2D eigenvalue weighted by Crippen LogP contribution is -2.52. The minimum Gasteiger partial charge on any atom is -0.492 e. The van der Waals surface area contributed by atoms with Crippen LogP contribution in [0.3, 0.4) is 0 Å². The highest BCUT2D eigenvalue weighted by Gasteiger charge is 2.47. The second kappa shape index (κ2) is 9.01. The van der Waals surface area contributed by atoms with Crippen LogP contribution >= 0.6 is 0 Å². The summed E-state index contributed by atoms with van der Waals surface area (Å²) in [6.07, 6.45) is 4.28. The zero-order valence-electron chi connectivity index (χ0n) is 21.4. The molecule has 5 heterocycles. The zero-order chi connectivity index (χ0) is 26.7. The van der Waals surface area contributed by atoms with Gasteiger partial charge in [-0.05, 0) is 62.7 Å². The Bertz CT molecular complexity index is 1510. The number of rotatable bonds is 4. The Kier molecular flexibility index (Phi) is 5.55. The molecule has 1 unspecified atom stereocenters. The van der Waals surface area contributed by atoms with Crippen LogP contribution in [0.1, 0.15) is 52.9 Å². The van der Waals surface area contributed by atoms with Gasteiger partial charge in [0.15, 0.2) is 0 Å². The molecule has 1 spiro atoms. The van der Waals surface area contributed by atoms with Crippen molar-refractivity contribution in [3.63, 3.8) is 0 Å². The third-order valence-corrected chi connectivity index (χ3v) is 8.65. The fourth-order valence-corrected chi connectivity index (χ4v) is 6.47. The van der Waals surface area contributed by atoms with Crippen molar-refractivity contribution in [3.05, 3.63) is 76.9 Å². The summed E-state index contributed by atoms with van der Waals surface area (Å²) in [6.45, 7) is 3.38. The van der Waals surface area contributed by atoms with E-state index in [1.54, 1.807) is 15.6 Å². The fraction of sp³-hybridized carbons (Fsp3) is 0.379. The van der Waals surface area contributed by atoms with Gasteiger partial charge >= 0.3 is 0 Å². The van der Waals surface area contributed by atoms with E-state index in [1.165, 1.54) is 12.1 Å². The minimum absolute atomic E-state index is 0.104. The Morgan fingerprint density at radius 2 is 1.95 bits per heavy atom. The summed E-state index contributed by atoms with van der Waals surface area (Å²) in [5, 5.41) is 7.00. The summed E-state index contributed by atoms with van der Waals surface area (Å²) < 4.78 is 21.6. The Labute approximate surface area is 224 Å². The van der Waals surface area contributed by atoms with Gasteiger partial charge in [0.2, 0.25) is 11.8 Å². The number of hydrogen-bond acceptors (Lipinski definition) is 6. The molecular weight excluding hydrogens is 501 g/mol. The molecule has 0 bridgehead atoms. The molecule has 1 N–H and O–H groups in total. The molecule has 1 atom stereocenters. The number of benzene rings is 2. The number of imide groups is 1. The summed E-state index contributed by atoms with van der Waals surface area (Å²) in [4.78, 5) is 41.2. The molecule has 7 rings (SSSR count). The summed E-state index contributed by atoms with van der Waals surface area (Å²) in [6, 6.07) is 11.6. The topological polar surface area (TPSA) is 96.8 Å². The molecule has 4 aliphatic rings. The number of hydrogen-bond donors (Lipinski definition) is 1. The van der Waals surface area contributed by atoms with Crippen molar-refractivity contribution in [2.75, 3.05) is 19.7 Å². The molecule has 3 aromatic rings. The van der Waals surface area contributed by atoms with Crippen molar-refractivity contribution >= 4 is 17.7 Å². The molecule has 39 heavy (non-hydrogen) atoms. The van der Waals surface area contributed by atoms with Gasteiger partial charge < -0.3 is 9.64 Å². The monoisotopic (exact) mass is 529 g/mol. The van der Waals surface area contributed by atoms with Crippen molar-refractivity contribution < 1.29 is 23.5 Å². The average Bonchev–Trinajstić information content (AvgIpc) is 3.62. The van der Waals surface area contributed by atoms with Crippen LogP contribution in [0.2, 0.25) is 0 Å². The number of nitrogens with one attached hydrogen (secondary N) is 1. The third-order valence-electron chi connectivity index (χ3n) is 8.65. The van der Waals surface area contributed by atoms with Crippen LogP contribution in [0, 0.1) is 5.82 Å². The average molecular weight is 530 g/mol. The first kappa shape index (κ1) is 24.0. The van der Waals surface area contributed by atoms with E-state index in [1.807, 2.05) is 30.5 Å². The van der Waals surface area contributed by atoms with E-state index >= 15 is 0 Å². The maximum atomic E-state index is 13.6. The van der Waals surface area contributed by atoms with Gasteiger partial charge in [0, 0.05) is 41.3 Å². The van der Waals surface area contributed by atoms with Gasteiger partial charge in [0.05, 0.1) is 24.5 Å². The Morgan fingerprint density at radius 3 is 2.74 bits per heavy atom.